The van der Waals surface area contributed by atoms with Crippen LogP contribution >= 0.6 is 0 Å². The second-order valence-electron chi connectivity index (χ2n) is 7.93. The van der Waals surface area contributed by atoms with E-state index >= 15 is 0 Å². The zero-order valence-corrected chi connectivity index (χ0v) is 17.2. The lowest BCUT2D eigenvalue weighted by Gasteiger charge is -2.30. The number of carbonyl (C=O) groups excluding carboxylic acids is 1. The van der Waals surface area contributed by atoms with Crippen LogP contribution in [0.2, 0.25) is 0 Å². The zero-order chi connectivity index (χ0) is 20.5. The summed E-state index contributed by atoms with van der Waals surface area (Å²) < 4.78 is 7.81. The summed E-state index contributed by atoms with van der Waals surface area (Å²) in [6.45, 7) is 3.86. The molecule has 0 saturated heterocycles. The largest absolute Gasteiger partial charge is 0.497 e. The molecule has 3 aromatic rings. The van der Waals surface area contributed by atoms with Crippen LogP contribution in [-0.2, 0) is 0 Å². The van der Waals surface area contributed by atoms with Crippen molar-refractivity contribution in [2.75, 3.05) is 18.2 Å². The van der Waals surface area contributed by atoms with E-state index in [2.05, 4.69) is 21.3 Å². The van der Waals surface area contributed by atoms with E-state index in [4.69, 9.17) is 10.5 Å². The molecule has 6 heteroatoms. The van der Waals surface area contributed by atoms with Crippen molar-refractivity contribution in [3.63, 3.8) is 0 Å². The SMILES string of the molecule is COc1ccc2c(N)c(-c3ccc(NC(=O)NC(C)C)cc3)n(C3CCC3)c2c1. The summed E-state index contributed by atoms with van der Waals surface area (Å²) in [6.07, 6.45) is 3.55. The number of amides is 2. The maximum Gasteiger partial charge on any atom is 0.319 e. The van der Waals surface area contributed by atoms with E-state index < -0.39 is 0 Å². The number of nitrogens with two attached hydrogens (primary N) is 1. The maximum atomic E-state index is 11.9. The molecular weight excluding hydrogens is 364 g/mol. The quantitative estimate of drug-likeness (QED) is 0.561. The fourth-order valence-electron chi connectivity index (χ4n) is 3.90. The zero-order valence-electron chi connectivity index (χ0n) is 17.2. The van der Waals surface area contributed by atoms with Gasteiger partial charge in [-0.3, -0.25) is 0 Å². The first-order valence-electron chi connectivity index (χ1n) is 10.1. The second-order valence-corrected chi connectivity index (χ2v) is 7.93. The highest BCUT2D eigenvalue weighted by atomic mass is 16.5. The molecule has 0 aliphatic heterocycles. The topological polar surface area (TPSA) is 81.3 Å². The van der Waals surface area contributed by atoms with Crippen molar-refractivity contribution in [2.45, 2.75) is 45.2 Å². The monoisotopic (exact) mass is 392 g/mol. The van der Waals surface area contributed by atoms with Gasteiger partial charge in [-0.05, 0) is 57.4 Å². The van der Waals surface area contributed by atoms with E-state index in [1.54, 1.807) is 7.11 Å². The van der Waals surface area contributed by atoms with Gasteiger partial charge in [0.05, 0.1) is 24.0 Å². The fourth-order valence-corrected chi connectivity index (χ4v) is 3.90. The molecule has 0 radical (unpaired) electrons. The molecule has 1 aliphatic rings. The third kappa shape index (κ3) is 3.62. The molecule has 1 heterocycles. The number of ether oxygens (including phenoxy) is 1. The smallest absolute Gasteiger partial charge is 0.319 e. The Bertz CT molecular complexity index is 1030. The van der Waals surface area contributed by atoms with Gasteiger partial charge in [0, 0.05) is 34.8 Å². The Kier molecular flexibility index (Phi) is 5.09. The van der Waals surface area contributed by atoms with Crippen LogP contribution in [0.1, 0.15) is 39.2 Å². The van der Waals surface area contributed by atoms with Crippen molar-refractivity contribution in [3.05, 3.63) is 42.5 Å². The maximum absolute atomic E-state index is 11.9. The summed E-state index contributed by atoms with van der Waals surface area (Å²) in [5.41, 5.74) is 11.3. The molecule has 4 N–H and O–H groups in total. The highest BCUT2D eigenvalue weighted by Gasteiger charge is 2.27. The first kappa shape index (κ1) is 19.2. The number of benzene rings is 2. The average molecular weight is 393 g/mol. The van der Waals surface area contributed by atoms with Crippen LogP contribution in [0, 0.1) is 0 Å². The van der Waals surface area contributed by atoms with E-state index in [0.29, 0.717) is 6.04 Å². The highest BCUT2D eigenvalue weighted by Crippen LogP contribution is 2.44. The fraction of sp³-hybridized carbons (Fsp3) is 0.348. The predicted octanol–water partition coefficient (Wildman–Crippen LogP) is 5.15. The van der Waals surface area contributed by atoms with E-state index in [0.717, 1.165) is 52.1 Å². The number of anilines is 2. The van der Waals surface area contributed by atoms with Crippen LogP contribution in [0.4, 0.5) is 16.2 Å². The number of rotatable bonds is 5. The minimum atomic E-state index is -0.206. The van der Waals surface area contributed by atoms with Crippen LogP contribution < -0.4 is 21.1 Å². The van der Waals surface area contributed by atoms with Crippen LogP contribution in [0.5, 0.6) is 5.75 Å². The average Bonchev–Trinajstić information content (AvgIpc) is 2.92. The summed E-state index contributed by atoms with van der Waals surface area (Å²) in [7, 11) is 1.68. The normalized spacial score (nSPS) is 14.1. The number of aromatic nitrogens is 1. The van der Waals surface area contributed by atoms with Crippen molar-refractivity contribution < 1.29 is 9.53 Å². The molecule has 1 aromatic heterocycles. The molecule has 0 atom stereocenters. The Hall–Kier alpha value is -3.15. The lowest BCUT2D eigenvalue weighted by Crippen LogP contribution is -2.34. The number of fused-ring (bicyclic) bond motifs is 1. The van der Waals surface area contributed by atoms with Gasteiger partial charge in [0.1, 0.15) is 5.75 Å². The molecule has 6 nitrogen and oxygen atoms in total. The molecule has 1 fully saturated rings. The van der Waals surface area contributed by atoms with Crippen LogP contribution in [-0.4, -0.2) is 23.7 Å². The second kappa shape index (κ2) is 7.70. The van der Waals surface area contributed by atoms with Crippen LogP contribution in [0.25, 0.3) is 22.2 Å². The van der Waals surface area contributed by atoms with Crippen molar-refractivity contribution in [3.8, 4) is 17.0 Å². The summed E-state index contributed by atoms with van der Waals surface area (Å²) in [5.74, 6) is 0.831. The first-order valence-corrected chi connectivity index (χ1v) is 10.1. The molecule has 1 saturated carbocycles. The molecule has 2 amide bonds. The molecule has 4 rings (SSSR count). The van der Waals surface area contributed by atoms with Crippen LogP contribution in [0.3, 0.4) is 0 Å². The van der Waals surface area contributed by atoms with Crippen molar-refractivity contribution in [2.24, 2.45) is 0 Å². The lowest BCUT2D eigenvalue weighted by molar-refractivity contribution is 0.250. The number of methoxy groups -OCH3 is 1. The molecular formula is C23H28N4O2. The van der Waals surface area contributed by atoms with Gasteiger partial charge in [0.15, 0.2) is 0 Å². The minimum Gasteiger partial charge on any atom is -0.497 e. The van der Waals surface area contributed by atoms with Crippen molar-refractivity contribution >= 4 is 28.3 Å². The van der Waals surface area contributed by atoms with Crippen molar-refractivity contribution in [1.29, 1.82) is 0 Å². The number of carbonyl (C=O) groups is 1. The van der Waals surface area contributed by atoms with E-state index in [1.165, 1.54) is 6.42 Å². The molecule has 0 unspecified atom stereocenters. The third-order valence-electron chi connectivity index (χ3n) is 5.53. The summed E-state index contributed by atoms with van der Waals surface area (Å²) in [4.78, 5) is 11.9. The Balaban J connectivity index is 1.73. The number of hydrogen-bond donors (Lipinski definition) is 3. The van der Waals surface area contributed by atoms with E-state index in [9.17, 15) is 4.79 Å². The van der Waals surface area contributed by atoms with Gasteiger partial charge in [0.2, 0.25) is 0 Å². The minimum absolute atomic E-state index is 0.0873. The molecule has 0 bridgehead atoms. The lowest BCUT2D eigenvalue weighted by atomic mass is 9.92. The van der Waals surface area contributed by atoms with Gasteiger partial charge < -0.3 is 25.7 Å². The number of nitrogens with zero attached hydrogens (tertiary/aromatic N) is 1. The van der Waals surface area contributed by atoms with E-state index in [1.807, 2.05) is 50.2 Å². The highest BCUT2D eigenvalue weighted by molar-refractivity contribution is 6.02. The number of nitrogen functional groups attached to an aromatic ring is 1. The molecule has 1 aliphatic carbocycles. The third-order valence-corrected chi connectivity index (χ3v) is 5.53. The van der Waals surface area contributed by atoms with Crippen LogP contribution in [0.15, 0.2) is 42.5 Å². The number of urea groups is 1. The first-order chi connectivity index (χ1) is 14.0. The van der Waals surface area contributed by atoms with Gasteiger partial charge in [-0.25, -0.2) is 4.79 Å². The molecule has 29 heavy (non-hydrogen) atoms. The molecule has 152 valence electrons. The Morgan fingerprint density at radius 2 is 1.90 bits per heavy atom. The van der Waals surface area contributed by atoms with Gasteiger partial charge in [-0.2, -0.15) is 0 Å². The number of hydrogen-bond acceptors (Lipinski definition) is 3. The number of nitrogens with one attached hydrogen (secondary N) is 2. The predicted molar refractivity (Wildman–Crippen MR) is 119 cm³/mol. The Labute approximate surface area is 171 Å². The van der Waals surface area contributed by atoms with Gasteiger partial charge in [-0.1, -0.05) is 12.1 Å². The summed E-state index contributed by atoms with van der Waals surface area (Å²) in [6, 6.07) is 14.3. The molecule has 0 spiro atoms. The van der Waals surface area contributed by atoms with E-state index in [-0.39, 0.29) is 12.1 Å². The summed E-state index contributed by atoms with van der Waals surface area (Å²) in [5, 5.41) is 6.74. The van der Waals surface area contributed by atoms with Gasteiger partial charge >= 0.3 is 6.03 Å². The standard InChI is InChI=1S/C23H28N4O2/c1-14(2)25-23(28)26-16-9-7-15(8-10-16)22-21(24)19-12-11-18(29-3)13-20(19)27(22)17-5-4-6-17/h7-14,17H,4-6,24H2,1-3H3,(H2,25,26,28). The van der Waals surface area contributed by atoms with Gasteiger partial charge in [0.25, 0.3) is 0 Å². The Morgan fingerprint density at radius 3 is 2.48 bits per heavy atom. The van der Waals surface area contributed by atoms with Gasteiger partial charge in [-0.15, -0.1) is 0 Å². The molecule has 2 aromatic carbocycles. The van der Waals surface area contributed by atoms with Crippen molar-refractivity contribution in [1.82, 2.24) is 9.88 Å². The Morgan fingerprint density at radius 1 is 1.17 bits per heavy atom. The summed E-state index contributed by atoms with van der Waals surface area (Å²) >= 11 is 0.